The highest BCUT2D eigenvalue weighted by Crippen LogP contribution is 2.29. The van der Waals surface area contributed by atoms with E-state index >= 15 is 0 Å². The summed E-state index contributed by atoms with van der Waals surface area (Å²) in [6, 6.07) is 2.44. The number of fused-ring (bicyclic) bond motifs is 1. The van der Waals surface area contributed by atoms with E-state index in [2.05, 4.69) is 4.98 Å². The van der Waals surface area contributed by atoms with E-state index in [0.29, 0.717) is 24.3 Å². The highest BCUT2D eigenvalue weighted by Gasteiger charge is 2.30. The molecule has 2 N–H and O–H groups in total. The number of alkyl halides is 3. The lowest BCUT2D eigenvalue weighted by atomic mass is 10.2. The number of pyridine rings is 1. The zero-order chi connectivity index (χ0) is 11.8. The summed E-state index contributed by atoms with van der Waals surface area (Å²) in [5.74, 6) is 0.545. The van der Waals surface area contributed by atoms with Gasteiger partial charge in [-0.3, -0.25) is 0 Å². The highest BCUT2D eigenvalue weighted by atomic mass is 19.4. The molecule has 2 heterocycles. The number of aromatic nitrogens is 2. The summed E-state index contributed by atoms with van der Waals surface area (Å²) >= 11 is 0. The molecule has 0 saturated carbocycles. The normalized spacial score (nSPS) is 12.2. The number of halogens is 3. The Labute approximate surface area is 89.7 Å². The van der Waals surface area contributed by atoms with Gasteiger partial charge in [0.25, 0.3) is 0 Å². The number of imidazole rings is 1. The summed E-state index contributed by atoms with van der Waals surface area (Å²) in [6.07, 6.45) is -1.30. The van der Waals surface area contributed by atoms with Crippen LogP contribution in [0.1, 0.15) is 11.4 Å². The van der Waals surface area contributed by atoms with Gasteiger partial charge >= 0.3 is 6.18 Å². The van der Waals surface area contributed by atoms with Gasteiger partial charge in [-0.1, -0.05) is 0 Å². The van der Waals surface area contributed by atoms with Crippen LogP contribution in [0.15, 0.2) is 24.5 Å². The fourth-order valence-corrected chi connectivity index (χ4v) is 1.53. The fourth-order valence-electron chi connectivity index (χ4n) is 1.53. The molecule has 6 heteroatoms. The number of hydrogen-bond acceptors (Lipinski definition) is 2. The van der Waals surface area contributed by atoms with E-state index in [1.54, 1.807) is 0 Å². The molecule has 16 heavy (non-hydrogen) atoms. The summed E-state index contributed by atoms with van der Waals surface area (Å²) < 4.78 is 38.9. The van der Waals surface area contributed by atoms with Gasteiger partial charge < -0.3 is 10.1 Å². The molecule has 0 aliphatic carbocycles. The van der Waals surface area contributed by atoms with Crippen molar-refractivity contribution in [2.75, 3.05) is 6.54 Å². The third-order valence-electron chi connectivity index (χ3n) is 2.30. The third-order valence-corrected chi connectivity index (χ3v) is 2.30. The molecule has 0 aliphatic rings. The van der Waals surface area contributed by atoms with Crippen molar-refractivity contribution in [2.24, 2.45) is 5.73 Å². The average Bonchev–Trinajstić information content (AvgIpc) is 2.60. The van der Waals surface area contributed by atoms with Crippen LogP contribution >= 0.6 is 0 Å². The topological polar surface area (TPSA) is 43.3 Å². The van der Waals surface area contributed by atoms with Crippen LogP contribution in [-0.4, -0.2) is 15.9 Å². The van der Waals surface area contributed by atoms with Gasteiger partial charge in [-0.2, -0.15) is 13.2 Å². The van der Waals surface area contributed by atoms with E-state index < -0.39 is 11.7 Å². The van der Waals surface area contributed by atoms with Gasteiger partial charge in [0.1, 0.15) is 5.82 Å². The second-order valence-electron chi connectivity index (χ2n) is 3.42. The molecule has 2 aromatic rings. The second kappa shape index (κ2) is 3.79. The number of hydrogen-bond donors (Lipinski definition) is 1. The Morgan fingerprint density at radius 2 is 2.06 bits per heavy atom. The molecule has 0 atom stereocenters. The van der Waals surface area contributed by atoms with Gasteiger partial charge in [-0.25, -0.2) is 4.98 Å². The third kappa shape index (κ3) is 1.88. The first kappa shape index (κ1) is 10.9. The molecular formula is C10H10F3N3. The summed E-state index contributed by atoms with van der Waals surface area (Å²) in [5, 5.41) is 0. The first-order chi connectivity index (χ1) is 7.52. The zero-order valence-corrected chi connectivity index (χ0v) is 8.33. The number of nitrogens with two attached hydrogens (primary N) is 1. The summed E-state index contributed by atoms with van der Waals surface area (Å²) in [4.78, 5) is 4.02. The molecule has 0 spiro atoms. The molecule has 3 nitrogen and oxygen atoms in total. The van der Waals surface area contributed by atoms with Gasteiger partial charge in [-0.15, -0.1) is 0 Å². The average molecular weight is 229 g/mol. The van der Waals surface area contributed by atoms with E-state index in [-0.39, 0.29) is 0 Å². The van der Waals surface area contributed by atoms with Crippen molar-refractivity contribution in [1.82, 2.24) is 9.38 Å². The van der Waals surface area contributed by atoms with Gasteiger partial charge in [0.2, 0.25) is 0 Å². The van der Waals surface area contributed by atoms with Gasteiger partial charge in [0, 0.05) is 12.6 Å². The molecular weight excluding hydrogens is 219 g/mol. The van der Waals surface area contributed by atoms with Crippen LogP contribution in [-0.2, 0) is 12.6 Å². The SMILES string of the molecule is NCCc1ncc2ccc(C(F)(F)F)cn12. The van der Waals surface area contributed by atoms with Crippen molar-refractivity contribution in [2.45, 2.75) is 12.6 Å². The number of nitrogens with zero attached hydrogens (tertiary/aromatic N) is 2. The minimum atomic E-state index is -4.33. The zero-order valence-electron chi connectivity index (χ0n) is 8.33. The van der Waals surface area contributed by atoms with Crippen LogP contribution in [0.2, 0.25) is 0 Å². The maximum absolute atomic E-state index is 12.5. The Kier molecular flexibility index (Phi) is 2.59. The first-order valence-corrected chi connectivity index (χ1v) is 4.75. The van der Waals surface area contributed by atoms with E-state index in [0.717, 1.165) is 12.3 Å². The van der Waals surface area contributed by atoms with Crippen LogP contribution < -0.4 is 5.73 Å². The molecule has 0 unspecified atom stereocenters. The molecule has 0 aliphatic heterocycles. The van der Waals surface area contributed by atoms with E-state index in [4.69, 9.17) is 5.73 Å². The van der Waals surface area contributed by atoms with Crippen LogP contribution in [0, 0.1) is 0 Å². The van der Waals surface area contributed by atoms with Crippen LogP contribution in [0.4, 0.5) is 13.2 Å². The molecule has 86 valence electrons. The largest absolute Gasteiger partial charge is 0.417 e. The quantitative estimate of drug-likeness (QED) is 0.854. The highest BCUT2D eigenvalue weighted by molar-refractivity contribution is 5.47. The maximum Gasteiger partial charge on any atom is 0.417 e. The van der Waals surface area contributed by atoms with Crippen molar-refractivity contribution in [1.29, 1.82) is 0 Å². The van der Waals surface area contributed by atoms with Crippen molar-refractivity contribution in [3.63, 3.8) is 0 Å². The van der Waals surface area contributed by atoms with E-state index in [1.807, 2.05) is 0 Å². The lowest BCUT2D eigenvalue weighted by Gasteiger charge is -2.07. The fraction of sp³-hybridized carbons (Fsp3) is 0.300. The monoisotopic (exact) mass is 229 g/mol. The van der Waals surface area contributed by atoms with Gasteiger partial charge in [0.15, 0.2) is 0 Å². The smallest absolute Gasteiger partial charge is 0.330 e. The molecule has 0 radical (unpaired) electrons. The molecule has 2 rings (SSSR count). The van der Waals surface area contributed by atoms with Crippen molar-refractivity contribution >= 4 is 5.52 Å². The molecule has 0 saturated heterocycles. The second-order valence-corrected chi connectivity index (χ2v) is 3.42. The Morgan fingerprint density at radius 3 is 2.69 bits per heavy atom. The van der Waals surface area contributed by atoms with Crippen LogP contribution in [0.25, 0.3) is 5.52 Å². The van der Waals surface area contributed by atoms with Crippen molar-refractivity contribution in [3.8, 4) is 0 Å². The van der Waals surface area contributed by atoms with Crippen LogP contribution in [0.5, 0.6) is 0 Å². The molecule has 0 fully saturated rings. The predicted octanol–water partition coefficient (Wildman–Crippen LogP) is 1.85. The molecule has 2 aromatic heterocycles. The van der Waals surface area contributed by atoms with Crippen molar-refractivity contribution in [3.05, 3.63) is 35.9 Å². The minimum Gasteiger partial charge on any atom is -0.330 e. The molecule has 0 aromatic carbocycles. The molecule has 0 bridgehead atoms. The predicted molar refractivity (Wildman–Crippen MR) is 53.0 cm³/mol. The Balaban J connectivity index is 2.54. The Bertz CT molecular complexity index is 501. The first-order valence-electron chi connectivity index (χ1n) is 4.75. The van der Waals surface area contributed by atoms with E-state index in [1.165, 1.54) is 16.7 Å². The van der Waals surface area contributed by atoms with Crippen molar-refractivity contribution < 1.29 is 13.2 Å². The number of rotatable bonds is 2. The van der Waals surface area contributed by atoms with Crippen LogP contribution in [0.3, 0.4) is 0 Å². The molecule has 0 amide bonds. The Hall–Kier alpha value is -1.56. The standard InChI is InChI=1S/C10H10F3N3/c11-10(12,13)7-1-2-8-5-15-9(3-4-14)16(8)6-7/h1-2,5-6H,3-4,14H2. The van der Waals surface area contributed by atoms with Gasteiger partial charge in [-0.05, 0) is 18.7 Å². The lowest BCUT2D eigenvalue weighted by Crippen LogP contribution is -2.09. The summed E-state index contributed by atoms with van der Waals surface area (Å²) in [6.45, 7) is 0.357. The van der Waals surface area contributed by atoms with E-state index in [9.17, 15) is 13.2 Å². The lowest BCUT2D eigenvalue weighted by molar-refractivity contribution is -0.137. The summed E-state index contributed by atoms with van der Waals surface area (Å²) in [7, 11) is 0. The summed E-state index contributed by atoms with van der Waals surface area (Å²) in [5.41, 5.74) is 5.31. The maximum atomic E-state index is 12.5. The Morgan fingerprint density at radius 1 is 1.31 bits per heavy atom. The minimum absolute atomic E-state index is 0.357. The van der Waals surface area contributed by atoms with Gasteiger partial charge in [0.05, 0.1) is 17.3 Å².